The summed E-state index contributed by atoms with van der Waals surface area (Å²) >= 11 is 0. The zero-order chi connectivity index (χ0) is 14.5. The number of rotatable bonds is 6. The molecule has 1 rings (SSSR count). The largest absolute Gasteiger partial charge is 0.481 e. The summed E-state index contributed by atoms with van der Waals surface area (Å²) < 4.78 is 0. The summed E-state index contributed by atoms with van der Waals surface area (Å²) in [4.78, 5) is 23.2. The van der Waals surface area contributed by atoms with Gasteiger partial charge in [-0.1, -0.05) is 13.8 Å². The zero-order valence-electron chi connectivity index (χ0n) is 11.3. The summed E-state index contributed by atoms with van der Waals surface area (Å²) in [5.41, 5.74) is 5.70. The van der Waals surface area contributed by atoms with Crippen LogP contribution in [0.2, 0.25) is 0 Å². The topological polar surface area (TPSA) is 92.4 Å². The first kappa shape index (κ1) is 15.0. The van der Waals surface area contributed by atoms with Crippen molar-refractivity contribution < 1.29 is 14.7 Å². The van der Waals surface area contributed by atoms with Crippen molar-refractivity contribution in [2.24, 2.45) is 5.41 Å². The van der Waals surface area contributed by atoms with Gasteiger partial charge in [-0.3, -0.25) is 9.59 Å². The lowest BCUT2D eigenvalue weighted by atomic mass is 9.82. The lowest BCUT2D eigenvalue weighted by Crippen LogP contribution is -2.42. The number of aliphatic carboxylic acids is 1. The number of carboxylic acids is 1. The van der Waals surface area contributed by atoms with Crippen LogP contribution >= 0.6 is 0 Å². The fourth-order valence-corrected chi connectivity index (χ4v) is 1.86. The van der Waals surface area contributed by atoms with E-state index in [0.29, 0.717) is 24.1 Å². The number of nitrogens with two attached hydrogens (primary N) is 1. The fourth-order valence-electron chi connectivity index (χ4n) is 1.86. The highest BCUT2D eigenvalue weighted by Gasteiger charge is 2.35. The smallest absolute Gasteiger partial charge is 0.311 e. The van der Waals surface area contributed by atoms with Gasteiger partial charge in [0.2, 0.25) is 0 Å². The van der Waals surface area contributed by atoms with E-state index in [1.54, 1.807) is 24.3 Å². The van der Waals surface area contributed by atoms with Crippen LogP contribution in [0.4, 0.5) is 5.69 Å². The standard InChI is InChI=1S/C14H20N2O3/c1-3-14(4-2,13(18)19)9-16-12(17)10-5-7-11(15)8-6-10/h5-8H,3-4,9,15H2,1-2H3,(H,16,17)(H,18,19). The van der Waals surface area contributed by atoms with E-state index in [2.05, 4.69) is 5.32 Å². The quantitative estimate of drug-likeness (QED) is 0.684. The lowest BCUT2D eigenvalue weighted by molar-refractivity contribution is -0.149. The maximum atomic E-state index is 11.9. The van der Waals surface area contributed by atoms with Crippen LogP contribution < -0.4 is 11.1 Å². The molecular weight excluding hydrogens is 244 g/mol. The predicted molar refractivity (Wildman–Crippen MR) is 73.8 cm³/mol. The zero-order valence-corrected chi connectivity index (χ0v) is 11.3. The molecule has 1 aromatic carbocycles. The Bertz CT molecular complexity index is 450. The Balaban J connectivity index is 2.72. The van der Waals surface area contributed by atoms with Crippen LogP contribution in [0.5, 0.6) is 0 Å². The number of benzene rings is 1. The second kappa shape index (κ2) is 6.22. The van der Waals surface area contributed by atoms with Crippen molar-refractivity contribution in [2.75, 3.05) is 12.3 Å². The van der Waals surface area contributed by atoms with Crippen molar-refractivity contribution in [3.63, 3.8) is 0 Å². The summed E-state index contributed by atoms with van der Waals surface area (Å²) in [6.45, 7) is 3.75. The van der Waals surface area contributed by atoms with E-state index in [1.165, 1.54) is 0 Å². The molecule has 4 N–H and O–H groups in total. The van der Waals surface area contributed by atoms with Crippen LogP contribution in [0.25, 0.3) is 0 Å². The van der Waals surface area contributed by atoms with E-state index < -0.39 is 11.4 Å². The Kier molecular flexibility index (Phi) is 4.92. The Morgan fingerprint density at radius 2 is 1.74 bits per heavy atom. The molecule has 0 aliphatic carbocycles. The minimum Gasteiger partial charge on any atom is -0.481 e. The second-order valence-electron chi connectivity index (χ2n) is 4.60. The number of amides is 1. The summed E-state index contributed by atoms with van der Waals surface area (Å²) in [6.07, 6.45) is 0.946. The predicted octanol–water partition coefficient (Wildman–Crippen LogP) is 1.89. The van der Waals surface area contributed by atoms with Crippen molar-refractivity contribution in [1.82, 2.24) is 5.32 Å². The monoisotopic (exact) mass is 264 g/mol. The highest BCUT2D eigenvalue weighted by atomic mass is 16.4. The minimum absolute atomic E-state index is 0.124. The van der Waals surface area contributed by atoms with Crippen molar-refractivity contribution in [3.8, 4) is 0 Å². The van der Waals surface area contributed by atoms with Crippen LogP contribution in [-0.2, 0) is 4.79 Å². The SMILES string of the molecule is CCC(CC)(CNC(=O)c1ccc(N)cc1)C(=O)O. The highest BCUT2D eigenvalue weighted by molar-refractivity contribution is 5.94. The third-order valence-corrected chi connectivity index (χ3v) is 3.57. The van der Waals surface area contributed by atoms with E-state index in [0.717, 1.165) is 0 Å². The number of nitrogens with one attached hydrogen (secondary N) is 1. The Labute approximate surface area is 112 Å². The number of carbonyl (C=O) groups is 2. The molecule has 0 saturated heterocycles. The normalized spacial score (nSPS) is 11.1. The van der Waals surface area contributed by atoms with Crippen molar-refractivity contribution in [2.45, 2.75) is 26.7 Å². The molecule has 0 aliphatic heterocycles. The lowest BCUT2D eigenvalue weighted by Gasteiger charge is -2.26. The van der Waals surface area contributed by atoms with Gasteiger partial charge in [-0.25, -0.2) is 0 Å². The third kappa shape index (κ3) is 3.47. The molecule has 0 unspecified atom stereocenters. The van der Waals surface area contributed by atoms with Gasteiger partial charge in [-0.05, 0) is 37.1 Å². The van der Waals surface area contributed by atoms with E-state index >= 15 is 0 Å². The van der Waals surface area contributed by atoms with E-state index in [1.807, 2.05) is 13.8 Å². The highest BCUT2D eigenvalue weighted by Crippen LogP contribution is 2.25. The fraction of sp³-hybridized carbons (Fsp3) is 0.429. The van der Waals surface area contributed by atoms with Gasteiger partial charge in [0, 0.05) is 17.8 Å². The summed E-state index contributed by atoms with van der Waals surface area (Å²) in [5.74, 6) is -1.16. The van der Waals surface area contributed by atoms with Gasteiger partial charge in [-0.15, -0.1) is 0 Å². The van der Waals surface area contributed by atoms with E-state index in [4.69, 9.17) is 5.73 Å². The van der Waals surface area contributed by atoms with Gasteiger partial charge in [-0.2, -0.15) is 0 Å². The van der Waals surface area contributed by atoms with Gasteiger partial charge in [0.1, 0.15) is 0 Å². The Morgan fingerprint density at radius 1 is 1.21 bits per heavy atom. The van der Waals surface area contributed by atoms with Gasteiger partial charge in [0.05, 0.1) is 5.41 Å². The van der Waals surface area contributed by atoms with Crippen molar-refractivity contribution in [1.29, 1.82) is 0 Å². The average Bonchev–Trinajstić information content (AvgIpc) is 2.40. The van der Waals surface area contributed by atoms with Crippen LogP contribution in [0.3, 0.4) is 0 Å². The molecule has 1 aromatic rings. The molecule has 0 saturated carbocycles. The summed E-state index contributed by atoms with van der Waals surface area (Å²) in [6, 6.07) is 6.51. The van der Waals surface area contributed by atoms with E-state index in [9.17, 15) is 14.7 Å². The number of nitrogen functional groups attached to an aromatic ring is 1. The van der Waals surface area contributed by atoms with Crippen molar-refractivity contribution >= 4 is 17.6 Å². The molecular formula is C14H20N2O3. The maximum Gasteiger partial charge on any atom is 0.311 e. The molecule has 0 bridgehead atoms. The molecule has 5 nitrogen and oxygen atoms in total. The number of carboxylic acid groups (broad SMARTS) is 1. The molecule has 0 spiro atoms. The number of anilines is 1. The summed E-state index contributed by atoms with van der Waals surface area (Å²) in [5, 5.41) is 12.0. The molecule has 0 atom stereocenters. The molecule has 0 heterocycles. The number of carbonyl (C=O) groups excluding carboxylic acids is 1. The number of hydrogen-bond acceptors (Lipinski definition) is 3. The first-order chi connectivity index (χ1) is 8.95. The average molecular weight is 264 g/mol. The van der Waals surface area contributed by atoms with Gasteiger partial charge < -0.3 is 16.2 Å². The van der Waals surface area contributed by atoms with Crippen LogP contribution in [-0.4, -0.2) is 23.5 Å². The molecule has 104 valence electrons. The van der Waals surface area contributed by atoms with Crippen LogP contribution in [0, 0.1) is 5.41 Å². The van der Waals surface area contributed by atoms with Crippen LogP contribution in [0.15, 0.2) is 24.3 Å². The van der Waals surface area contributed by atoms with Crippen molar-refractivity contribution in [3.05, 3.63) is 29.8 Å². The molecule has 0 radical (unpaired) electrons. The van der Waals surface area contributed by atoms with Gasteiger partial charge in [0.25, 0.3) is 5.91 Å². The third-order valence-electron chi connectivity index (χ3n) is 3.57. The Morgan fingerprint density at radius 3 is 2.16 bits per heavy atom. The molecule has 5 heteroatoms. The Hall–Kier alpha value is -2.04. The summed E-state index contributed by atoms with van der Waals surface area (Å²) in [7, 11) is 0. The molecule has 0 fully saturated rings. The van der Waals surface area contributed by atoms with Crippen LogP contribution in [0.1, 0.15) is 37.0 Å². The second-order valence-corrected chi connectivity index (χ2v) is 4.60. The minimum atomic E-state index is -0.899. The van der Waals surface area contributed by atoms with E-state index in [-0.39, 0.29) is 12.5 Å². The van der Waals surface area contributed by atoms with Gasteiger partial charge >= 0.3 is 5.97 Å². The first-order valence-electron chi connectivity index (χ1n) is 6.32. The van der Waals surface area contributed by atoms with Gasteiger partial charge in [0.15, 0.2) is 0 Å². The maximum absolute atomic E-state index is 11.9. The molecule has 0 aliphatic rings. The first-order valence-corrected chi connectivity index (χ1v) is 6.32. The molecule has 0 aromatic heterocycles. The molecule has 1 amide bonds. The number of hydrogen-bond donors (Lipinski definition) is 3. The molecule has 19 heavy (non-hydrogen) atoms.